The molecule has 0 saturated heterocycles. The highest BCUT2D eigenvalue weighted by atomic mass is 35.5. The third kappa shape index (κ3) is 12.8. The fourth-order valence-corrected chi connectivity index (χ4v) is 2.78. The average molecular weight is 426 g/mol. The zero-order valence-electron chi connectivity index (χ0n) is 15.6. The van der Waals surface area contributed by atoms with Crippen molar-refractivity contribution in [3.05, 3.63) is 21.7 Å². The van der Waals surface area contributed by atoms with Crippen molar-refractivity contribution in [3.8, 4) is 0 Å². The molecule has 1 aromatic heterocycles. The third-order valence-corrected chi connectivity index (χ3v) is 4.48. The van der Waals surface area contributed by atoms with Gasteiger partial charge in [-0.2, -0.15) is 0 Å². The van der Waals surface area contributed by atoms with Gasteiger partial charge in [-0.1, -0.05) is 37.2 Å². The minimum atomic E-state index is -1.02. The van der Waals surface area contributed by atoms with Crippen LogP contribution in [0.5, 0.6) is 0 Å². The van der Waals surface area contributed by atoms with Crippen molar-refractivity contribution in [2.75, 3.05) is 46.2 Å². The van der Waals surface area contributed by atoms with E-state index >= 15 is 0 Å². The Morgan fingerprint density at radius 3 is 2.33 bits per heavy atom. The maximum Gasteiger partial charge on any atom is 0.345 e. The van der Waals surface area contributed by atoms with Crippen LogP contribution in [0.2, 0.25) is 5.02 Å². The number of rotatable bonds is 14. The minimum absolute atomic E-state index is 0.196. The van der Waals surface area contributed by atoms with Gasteiger partial charge >= 0.3 is 11.7 Å². The fraction of sp³-hybridized carbons (Fsp3) is 0.688. The summed E-state index contributed by atoms with van der Waals surface area (Å²) in [6, 6.07) is 0. The highest BCUT2D eigenvalue weighted by Crippen LogP contribution is 2.28. The lowest BCUT2D eigenvalue weighted by Crippen LogP contribution is -2.21. The highest BCUT2D eigenvalue weighted by molar-refractivity contribution is 8.00. The summed E-state index contributed by atoms with van der Waals surface area (Å²) in [6.45, 7) is 6.88. The SMILES string of the molecule is CC.NCCOCCOCCOCCC(Sc1[nH]c(=O)ncc1Cl)C(=O)O. The number of aromatic amines is 1. The quantitative estimate of drug-likeness (QED) is 0.229. The Morgan fingerprint density at radius 2 is 1.78 bits per heavy atom. The van der Waals surface area contributed by atoms with Crippen LogP contribution in [0.4, 0.5) is 0 Å². The molecule has 0 amide bonds. The molecule has 1 heterocycles. The van der Waals surface area contributed by atoms with Crippen molar-refractivity contribution in [2.45, 2.75) is 30.5 Å². The van der Waals surface area contributed by atoms with Crippen LogP contribution in [-0.2, 0) is 19.0 Å². The Bertz CT molecular complexity index is 575. The number of aromatic nitrogens is 2. The van der Waals surface area contributed by atoms with Crippen LogP contribution in [0.3, 0.4) is 0 Å². The second-order valence-electron chi connectivity index (χ2n) is 4.72. The van der Waals surface area contributed by atoms with E-state index in [1.54, 1.807) is 0 Å². The van der Waals surface area contributed by atoms with Crippen molar-refractivity contribution >= 4 is 29.3 Å². The van der Waals surface area contributed by atoms with E-state index in [-0.39, 0.29) is 23.1 Å². The van der Waals surface area contributed by atoms with Gasteiger partial charge in [0.05, 0.1) is 49.3 Å². The van der Waals surface area contributed by atoms with Gasteiger partial charge in [-0.3, -0.25) is 9.78 Å². The number of halogens is 1. The summed E-state index contributed by atoms with van der Waals surface area (Å²) in [5.74, 6) is -1.02. The first-order chi connectivity index (χ1) is 13.0. The summed E-state index contributed by atoms with van der Waals surface area (Å²) in [5.41, 5.74) is 4.69. The topological polar surface area (TPSA) is 137 Å². The molecule has 0 bridgehead atoms. The van der Waals surface area contributed by atoms with Crippen LogP contribution in [0, 0.1) is 0 Å². The molecule has 1 rings (SSSR count). The van der Waals surface area contributed by atoms with Gasteiger partial charge in [-0.15, -0.1) is 0 Å². The number of carboxylic acid groups (broad SMARTS) is 1. The number of thioether (sulfide) groups is 1. The summed E-state index contributed by atoms with van der Waals surface area (Å²) < 4.78 is 15.8. The average Bonchev–Trinajstić information content (AvgIpc) is 2.66. The van der Waals surface area contributed by atoms with E-state index in [9.17, 15) is 14.7 Å². The summed E-state index contributed by atoms with van der Waals surface area (Å²) in [5, 5.41) is 8.93. The normalized spacial score (nSPS) is 11.6. The van der Waals surface area contributed by atoms with Crippen LogP contribution in [0.15, 0.2) is 16.0 Å². The number of nitrogens with one attached hydrogen (secondary N) is 1. The first-order valence-electron chi connectivity index (χ1n) is 8.62. The second-order valence-corrected chi connectivity index (χ2v) is 6.34. The smallest absolute Gasteiger partial charge is 0.345 e. The van der Waals surface area contributed by atoms with Gasteiger partial charge in [0.25, 0.3) is 0 Å². The molecule has 27 heavy (non-hydrogen) atoms. The summed E-state index contributed by atoms with van der Waals surface area (Å²) in [6.07, 6.45) is 1.44. The number of hydrogen-bond donors (Lipinski definition) is 3. The monoisotopic (exact) mass is 425 g/mol. The predicted octanol–water partition coefficient (Wildman–Crippen LogP) is 1.39. The molecule has 0 aliphatic carbocycles. The lowest BCUT2D eigenvalue weighted by atomic mass is 10.3. The van der Waals surface area contributed by atoms with Gasteiger partial charge in [0, 0.05) is 13.2 Å². The van der Waals surface area contributed by atoms with Gasteiger partial charge in [0.2, 0.25) is 0 Å². The van der Waals surface area contributed by atoms with E-state index in [0.29, 0.717) is 39.6 Å². The molecule has 1 unspecified atom stereocenters. The molecule has 11 heteroatoms. The molecule has 0 aliphatic heterocycles. The molecule has 9 nitrogen and oxygen atoms in total. The molecule has 1 aromatic rings. The van der Waals surface area contributed by atoms with Crippen LogP contribution in [0.25, 0.3) is 0 Å². The van der Waals surface area contributed by atoms with E-state index < -0.39 is 16.9 Å². The molecule has 0 radical (unpaired) electrons. The predicted molar refractivity (Wildman–Crippen MR) is 105 cm³/mol. The molecule has 0 fully saturated rings. The molecule has 4 N–H and O–H groups in total. The largest absolute Gasteiger partial charge is 0.480 e. The van der Waals surface area contributed by atoms with Crippen LogP contribution < -0.4 is 11.4 Å². The van der Waals surface area contributed by atoms with Crippen LogP contribution in [-0.4, -0.2) is 72.5 Å². The second kappa shape index (κ2) is 17.0. The van der Waals surface area contributed by atoms with Gasteiger partial charge in [-0.25, -0.2) is 9.78 Å². The lowest BCUT2D eigenvalue weighted by Gasteiger charge is -2.12. The summed E-state index contributed by atoms with van der Waals surface area (Å²) >= 11 is 6.85. The van der Waals surface area contributed by atoms with Crippen LogP contribution >= 0.6 is 23.4 Å². The van der Waals surface area contributed by atoms with Gasteiger partial charge in [0.1, 0.15) is 5.25 Å². The zero-order valence-corrected chi connectivity index (χ0v) is 17.2. The van der Waals surface area contributed by atoms with Crippen molar-refractivity contribution in [1.82, 2.24) is 9.97 Å². The first-order valence-corrected chi connectivity index (χ1v) is 9.88. The van der Waals surface area contributed by atoms with E-state index in [1.165, 1.54) is 6.20 Å². The number of H-pyrrole nitrogens is 1. The zero-order chi connectivity index (χ0) is 20.5. The minimum Gasteiger partial charge on any atom is -0.480 e. The molecule has 0 saturated carbocycles. The Labute approximate surface area is 167 Å². The van der Waals surface area contributed by atoms with Crippen molar-refractivity contribution < 1.29 is 24.1 Å². The van der Waals surface area contributed by atoms with Gasteiger partial charge in [-0.05, 0) is 6.42 Å². The summed E-state index contributed by atoms with van der Waals surface area (Å²) in [4.78, 5) is 28.4. The van der Waals surface area contributed by atoms with E-state index in [4.69, 9.17) is 31.5 Å². The third-order valence-electron chi connectivity index (χ3n) is 2.80. The Morgan fingerprint density at radius 1 is 1.22 bits per heavy atom. The number of nitrogens with two attached hydrogens (primary N) is 1. The van der Waals surface area contributed by atoms with Crippen LogP contribution in [0.1, 0.15) is 20.3 Å². The van der Waals surface area contributed by atoms with Gasteiger partial charge in [0.15, 0.2) is 0 Å². The Balaban J connectivity index is 0.00000326. The van der Waals surface area contributed by atoms with E-state index in [1.807, 2.05) is 13.8 Å². The van der Waals surface area contributed by atoms with Crippen molar-refractivity contribution in [2.24, 2.45) is 5.73 Å². The molecular weight excluding hydrogens is 398 g/mol. The fourth-order valence-electron chi connectivity index (χ4n) is 1.64. The molecule has 0 spiro atoms. The van der Waals surface area contributed by atoms with Crippen molar-refractivity contribution in [1.29, 1.82) is 0 Å². The lowest BCUT2D eigenvalue weighted by molar-refractivity contribution is -0.136. The molecular formula is C16H28ClN3O6S. The number of ether oxygens (including phenoxy) is 3. The Kier molecular flexibility index (Phi) is 16.2. The molecule has 0 aliphatic rings. The summed E-state index contributed by atoms with van der Waals surface area (Å²) in [7, 11) is 0. The number of aliphatic carboxylic acids is 1. The number of nitrogens with zero attached hydrogens (tertiary/aromatic N) is 1. The number of carboxylic acids is 1. The maximum atomic E-state index is 11.3. The standard InChI is InChI=1S/C14H22ClN3O6S.C2H6/c15-10-9-17-14(21)18-12(10)25-11(13(19)20)1-3-22-5-7-24-8-6-23-4-2-16;1-2/h9,11H,1-8,16H2,(H,19,20)(H,17,18,21);1-2H3. The van der Waals surface area contributed by atoms with E-state index in [2.05, 4.69) is 9.97 Å². The first kappa shape index (κ1) is 25.8. The number of carbonyl (C=O) groups is 1. The molecule has 1 atom stereocenters. The molecule has 156 valence electrons. The highest BCUT2D eigenvalue weighted by Gasteiger charge is 2.20. The maximum absolute atomic E-state index is 11.3. The molecule has 0 aromatic carbocycles. The Hall–Kier alpha value is -1.17. The van der Waals surface area contributed by atoms with Crippen molar-refractivity contribution in [3.63, 3.8) is 0 Å². The van der Waals surface area contributed by atoms with E-state index in [0.717, 1.165) is 11.8 Å². The number of hydrogen-bond acceptors (Lipinski definition) is 8. The van der Waals surface area contributed by atoms with Gasteiger partial charge < -0.3 is 25.1 Å².